The summed E-state index contributed by atoms with van der Waals surface area (Å²) in [5.74, 6) is -3.81. The molecule has 0 spiro atoms. The predicted octanol–water partition coefficient (Wildman–Crippen LogP) is 1.35. The van der Waals surface area contributed by atoms with Crippen LogP contribution in [0.4, 0.5) is 5.13 Å². The zero-order chi connectivity index (χ0) is 32.2. The molecule has 0 bridgehead atoms. The van der Waals surface area contributed by atoms with Crippen LogP contribution in [0, 0.1) is 5.92 Å². The maximum absolute atomic E-state index is 13.3. The van der Waals surface area contributed by atoms with Crippen molar-refractivity contribution >= 4 is 61.1 Å². The average molecular weight is 651 g/mol. The number of ketones is 1. The fraction of sp³-hybridized carbons (Fsp3) is 0.385. The monoisotopic (exact) mass is 650 g/mol. The molecule has 44 heavy (non-hydrogen) atoms. The fourth-order valence-electron chi connectivity index (χ4n) is 4.38. The second-order valence-corrected chi connectivity index (χ2v) is 12.2. The van der Waals surface area contributed by atoms with Gasteiger partial charge in [0.05, 0.1) is 17.0 Å². The summed E-state index contributed by atoms with van der Waals surface area (Å²) in [5.41, 5.74) is 11.1. The standard InChI is InChI=1S/C26H30N6O10S2/c1-26(2)17(23(34)32(26)42-44(37,38)39)11-20(33)22(19-13-43-25(28)30-19)31-41-21(24(35)36)12-40-16-7-8-18-14(10-16)5-6-15(29-18)4-3-9-27/h5-8,10,13,17,21H,3-4,9,11-12,27H2,1-2H3,(H2,28,30)(H,35,36)(H,37,38,39)/b31-22-. The first-order valence-corrected chi connectivity index (χ1v) is 15.4. The molecule has 1 fully saturated rings. The molecule has 236 valence electrons. The number of hydrogen-bond acceptors (Lipinski definition) is 14. The second kappa shape index (κ2) is 13.2. The summed E-state index contributed by atoms with van der Waals surface area (Å²) in [4.78, 5) is 51.6. The minimum Gasteiger partial charge on any atom is -0.489 e. The molecule has 1 amide bonds. The van der Waals surface area contributed by atoms with Crippen molar-refractivity contribution in [3.63, 3.8) is 0 Å². The van der Waals surface area contributed by atoms with Crippen LogP contribution in [0.1, 0.15) is 38.1 Å². The highest BCUT2D eigenvalue weighted by Crippen LogP contribution is 2.40. The molecule has 1 aromatic carbocycles. The van der Waals surface area contributed by atoms with Crippen LogP contribution in [-0.2, 0) is 40.3 Å². The molecule has 18 heteroatoms. The Bertz CT molecular complexity index is 1710. The number of nitrogens with zero attached hydrogens (tertiary/aromatic N) is 4. The smallest absolute Gasteiger partial charge is 0.418 e. The molecular weight excluding hydrogens is 620 g/mol. The number of Topliss-reactive ketones (excluding diaryl/α,β-unsaturated/α-hetero) is 1. The summed E-state index contributed by atoms with van der Waals surface area (Å²) in [6.07, 6.45) is -0.592. The van der Waals surface area contributed by atoms with Gasteiger partial charge in [0.2, 0.25) is 0 Å². The van der Waals surface area contributed by atoms with Crippen molar-refractivity contribution < 1.29 is 46.3 Å². The lowest BCUT2D eigenvalue weighted by molar-refractivity contribution is -0.228. The normalized spacial score (nSPS) is 17.3. The van der Waals surface area contributed by atoms with Crippen LogP contribution in [-0.4, -0.2) is 81.3 Å². The second-order valence-electron chi connectivity index (χ2n) is 10.3. The average Bonchev–Trinajstić information content (AvgIpc) is 3.39. The molecule has 3 heterocycles. The number of aliphatic carboxylic acids is 1. The van der Waals surface area contributed by atoms with Gasteiger partial charge in [-0.1, -0.05) is 11.2 Å². The third-order valence-electron chi connectivity index (χ3n) is 6.76. The van der Waals surface area contributed by atoms with Gasteiger partial charge in [0.15, 0.2) is 16.6 Å². The molecule has 0 saturated carbocycles. The van der Waals surface area contributed by atoms with E-state index < -0.39 is 64.4 Å². The number of carboxylic acids is 1. The number of carbonyl (C=O) groups excluding carboxylic acids is 2. The van der Waals surface area contributed by atoms with Crippen molar-refractivity contribution in [2.75, 3.05) is 18.9 Å². The topological polar surface area (TPSA) is 247 Å². The molecule has 6 N–H and O–H groups in total. The quantitative estimate of drug-likeness (QED) is 0.0785. The van der Waals surface area contributed by atoms with Crippen molar-refractivity contribution in [2.45, 2.75) is 44.8 Å². The summed E-state index contributed by atoms with van der Waals surface area (Å²) in [6, 6.07) is 8.80. The number of carbonyl (C=O) groups is 3. The summed E-state index contributed by atoms with van der Waals surface area (Å²) >= 11 is 0.986. The van der Waals surface area contributed by atoms with E-state index in [1.165, 1.54) is 19.2 Å². The lowest BCUT2D eigenvalue weighted by Gasteiger charge is -2.50. The van der Waals surface area contributed by atoms with E-state index in [1.807, 2.05) is 12.1 Å². The summed E-state index contributed by atoms with van der Waals surface area (Å²) in [7, 11) is -4.99. The van der Waals surface area contributed by atoms with Crippen molar-refractivity contribution in [2.24, 2.45) is 16.8 Å². The summed E-state index contributed by atoms with van der Waals surface area (Å²) < 4.78 is 41.1. The van der Waals surface area contributed by atoms with Gasteiger partial charge in [0, 0.05) is 22.9 Å². The molecular formula is C26H30N6O10S2. The van der Waals surface area contributed by atoms with E-state index in [4.69, 9.17) is 25.6 Å². The van der Waals surface area contributed by atoms with E-state index in [2.05, 4.69) is 19.4 Å². The molecule has 4 rings (SSSR count). The maximum atomic E-state index is 13.3. The van der Waals surface area contributed by atoms with Crippen LogP contribution in [0.2, 0.25) is 0 Å². The van der Waals surface area contributed by atoms with Gasteiger partial charge in [0.25, 0.3) is 12.0 Å². The van der Waals surface area contributed by atoms with Crippen molar-refractivity contribution in [1.29, 1.82) is 0 Å². The number of fused-ring (bicyclic) bond motifs is 1. The minimum atomic E-state index is -4.99. The lowest BCUT2D eigenvalue weighted by atomic mass is 9.74. The number of carboxylic acid groups (broad SMARTS) is 1. The summed E-state index contributed by atoms with van der Waals surface area (Å²) in [5, 5.41) is 16.2. The molecule has 1 saturated heterocycles. The van der Waals surface area contributed by atoms with Crippen LogP contribution in [0.3, 0.4) is 0 Å². The van der Waals surface area contributed by atoms with Gasteiger partial charge in [-0.05, 0) is 57.5 Å². The SMILES string of the molecule is CC1(C)C(CC(=O)/C(=N\OC(COc2ccc3nc(CCCN)ccc3c2)C(=O)O)c2csc(N)n2)C(=O)N1OS(=O)(=O)O. The third kappa shape index (κ3) is 7.64. The number of hydroxylamine groups is 2. The molecule has 1 aliphatic heterocycles. The zero-order valence-electron chi connectivity index (χ0n) is 23.6. The number of anilines is 1. The number of hydrogen-bond donors (Lipinski definition) is 4. The molecule has 2 unspecified atom stereocenters. The number of benzene rings is 1. The summed E-state index contributed by atoms with van der Waals surface area (Å²) in [6.45, 7) is 2.92. The minimum absolute atomic E-state index is 0.0222. The number of thiazole rings is 1. The Morgan fingerprint density at radius 1 is 1.23 bits per heavy atom. The first-order valence-electron chi connectivity index (χ1n) is 13.1. The fourth-order valence-corrected chi connectivity index (χ4v) is 5.38. The number of aromatic nitrogens is 2. The van der Waals surface area contributed by atoms with Gasteiger partial charge >= 0.3 is 16.4 Å². The Morgan fingerprint density at radius 3 is 2.59 bits per heavy atom. The molecule has 16 nitrogen and oxygen atoms in total. The largest absolute Gasteiger partial charge is 0.489 e. The molecule has 2 aromatic heterocycles. The first-order chi connectivity index (χ1) is 20.7. The Hall–Kier alpha value is -4.23. The Balaban J connectivity index is 1.48. The number of amides is 1. The van der Waals surface area contributed by atoms with E-state index in [1.54, 1.807) is 18.2 Å². The van der Waals surface area contributed by atoms with Crippen LogP contribution < -0.4 is 16.2 Å². The van der Waals surface area contributed by atoms with Gasteiger partial charge in [-0.15, -0.1) is 15.6 Å². The van der Waals surface area contributed by atoms with Crippen molar-refractivity contribution in [3.8, 4) is 5.75 Å². The van der Waals surface area contributed by atoms with Gasteiger partial charge in [-0.25, -0.2) is 9.78 Å². The number of ether oxygens (including phenoxy) is 1. The van der Waals surface area contributed by atoms with E-state index in [-0.39, 0.29) is 10.8 Å². The molecule has 0 radical (unpaired) electrons. The van der Waals surface area contributed by atoms with E-state index >= 15 is 0 Å². The molecule has 3 aromatic rings. The van der Waals surface area contributed by atoms with Crippen LogP contribution in [0.5, 0.6) is 5.75 Å². The number of oxime groups is 1. The van der Waals surface area contributed by atoms with Gasteiger partial charge in [-0.3, -0.25) is 19.1 Å². The number of nitrogen functional groups attached to an aromatic ring is 1. The predicted molar refractivity (Wildman–Crippen MR) is 157 cm³/mol. The number of rotatable bonds is 15. The number of β-lactam (4-membered cyclic amide) rings is 1. The van der Waals surface area contributed by atoms with Crippen molar-refractivity contribution in [1.82, 2.24) is 15.0 Å². The van der Waals surface area contributed by atoms with E-state index in [0.29, 0.717) is 17.4 Å². The Labute approximate surface area is 255 Å². The highest BCUT2D eigenvalue weighted by atomic mass is 32.3. The van der Waals surface area contributed by atoms with Crippen LogP contribution in [0.15, 0.2) is 40.9 Å². The van der Waals surface area contributed by atoms with Crippen molar-refractivity contribution in [3.05, 3.63) is 47.1 Å². The molecule has 0 aliphatic carbocycles. The number of pyridine rings is 1. The highest BCUT2D eigenvalue weighted by Gasteiger charge is 2.57. The zero-order valence-corrected chi connectivity index (χ0v) is 25.2. The lowest BCUT2D eigenvalue weighted by Crippen LogP contribution is -2.68. The van der Waals surface area contributed by atoms with E-state index in [0.717, 1.165) is 40.8 Å². The highest BCUT2D eigenvalue weighted by molar-refractivity contribution is 7.80. The number of aryl methyl sites for hydroxylation is 1. The van der Waals surface area contributed by atoms with Crippen LogP contribution >= 0.6 is 11.3 Å². The van der Waals surface area contributed by atoms with Gasteiger partial charge in [0.1, 0.15) is 18.1 Å². The number of nitrogens with two attached hydrogens (primary N) is 2. The van der Waals surface area contributed by atoms with Crippen LogP contribution in [0.25, 0.3) is 10.9 Å². The van der Waals surface area contributed by atoms with Gasteiger partial charge < -0.3 is 26.1 Å². The first kappa shape index (κ1) is 32.7. The maximum Gasteiger partial charge on any atom is 0.418 e. The molecule has 2 atom stereocenters. The molecule has 1 aliphatic rings. The van der Waals surface area contributed by atoms with E-state index in [9.17, 15) is 27.9 Å². The Morgan fingerprint density at radius 2 is 1.98 bits per heavy atom. The third-order valence-corrected chi connectivity index (χ3v) is 7.78. The van der Waals surface area contributed by atoms with Gasteiger partial charge in [-0.2, -0.15) is 13.5 Å². The Kier molecular flexibility index (Phi) is 9.79.